The molecule has 0 aliphatic carbocycles. The van der Waals surface area contributed by atoms with Crippen molar-refractivity contribution in [3.05, 3.63) is 64.7 Å². The predicted octanol–water partition coefficient (Wildman–Crippen LogP) is 3.64. The molecule has 0 aliphatic heterocycles. The monoisotopic (exact) mass is 469 g/mol. The Morgan fingerprint density at radius 2 is 1.65 bits per heavy atom. The quantitative estimate of drug-likeness (QED) is 0.547. The fourth-order valence-corrected chi connectivity index (χ4v) is 3.50. The second-order valence-corrected chi connectivity index (χ2v) is 9.16. The maximum atomic E-state index is 13.6. The van der Waals surface area contributed by atoms with Gasteiger partial charge in [0.1, 0.15) is 18.2 Å². The van der Waals surface area contributed by atoms with Gasteiger partial charge in [-0.1, -0.05) is 36.4 Å². The zero-order chi connectivity index (χ0) is 25.5. The number of amides is 3. The van der Waals surface area contributed by atoms with Crippen molar-refractivity contribution in [1.29, 1.82) is 0 Å². The first-order valence-electron chi connectivity index (χ1n) is 11.2. The lowest BCUT2D eigenvalue weighted by Gasteiger charge is -2.32. The van der Waals surface area contributed by atoms with Crippen molar-refractivity contribution in [3.8, 4) is 0 Å². The van der Waals surface area contributed by atoms with Gasteiger partial charge in [0.2, 0.25) is 5.91 Å². The van der Waals surface area contributed by atoms with Crippen LogP contribution in [0.3, 0.4) is 0 Å². The number of rotatable bonds is 8. The molecule has 0 spiro atoms. The number of carbonyl (C=O) groups is 3. The molecule has 0 fully saturated rings. The Hall–Kier alpha value is -3.39. The molecule has 0 heterocycles. The third kappa shape index (κ3) is 7.31. The van der Waals surface area contributed by atoms with E-state index in [1.165, 1.54) is 4.90 Å². The van der Waals surface area contributed by atoms with Gasteiger partial charge in [-0.25, -0.2) is 4.79 Å². The van der Waals surface area contributed by atoms with Gasteiger partial charge < -0.3 is 25.4 Å². The summed E-state index contributed by atoms with van der Waals surface area (Å²) < 4.78 is 5.20. The Bertz CT molecular complexity index is 1030. The molecule has 2 aromatic rings. The van der Waals surface area contributed by atoms with E-state index in [9.17, 15) is 19.5 Å². The van der Waals surface area contributed by atoms with Crippen LogP contribution in [0.2, 0.25) is 0 Å². The first kappa shape index (κ1) is 26.9. The zero-order valence-corrected chi connectivity index (χ0v) is 20.8. The standard InChI is InChI=1S/C26H35N3O5/c1-17-11-9-12-20(19(17)3)23(24(32)28-21-13-8-7-10-18(21)2)29(14-15-30)22(31)16-27-25(33)34-26(4,5)6/h7-13,23,30H,14-16H2,1-6H3,(H,27,33)(H,28,32). The van der Waals surface area contributed by atoms with Crippen molar-refractivity contribution >= 4 is 23.6 Å². The van der Waals surface area contributed by atoms with Crippen molar-refractivity contribution in [2.45, 2.75) is 53.2 Å². The fraction of sp³-hybridized carbons (Fsp3) is 0.423. The zero-order valence-electron chi connectivity index (χ0n) is 20.8. The maximum Gasteiger partial charge on any atom is 0.408 e. The summed E-state index contributed by atoms with van der Waals surface area (Å²) in [6.45, 7) is 10.0. The van der Waals surface area contributed by atoms with E-state index in [2.05, 4.69) is 10.6 Å². The van der Waals surface area contributed by atoms with E-state index in [0.29, 0.717) is 11.3 Å². The summed E-state index contributed by atoms with van der Waals surface area (Å²) >= 11 is 0. The Morgan fingerprint density at radius 1 is 1.00 bits per heavy atom. The summed E-state index contributed by atoms with van der Waals surface area (Å²) in [7, 11) is 0. The summed E-state index contributed by atoms with van der Waals surface area (Å²) in [5, 5.41) is 15.1. The molecule has 2 aromatic carbocycles. The van der Waals surface area contributed by atoms with Gasteiger partial charge in [-0.05, 0) is 69.9 Å². The van der Waals surface area contributed by atoms with E-state index < -0.39 is 29.6 Å². The minimum absolute atomic E-state index is 0.0892. The smallest absolute Gasteiger partial charge is 0.408 e. The normalized spacial score (nSPS) is 12.0. The van der Waals surface area contributed by atoms with Crippen LogP contribution in [-0.4, -0.2) is 53.2 Å². The first-order valence-corrected chi connectivity index (χ1v) is 11.2. The molecule has 3 amide bonds. The summed E-state index contributed by atoms with van der Waals surface area (Å²) in [5.74, 6) is -0.937. The Balaban J connectivity index is 2.39. The van der Waals surface area contributed by atoms with E-state index >= 15 is 0 Å². The predicted molar refractivity (Wildman–Crippen MR) is 132 cm³/mol. The molecule has 3 N–H and O–H groups in total. The summed E-state index contributed by atoms with van der Waals surface area (Å²) in [4.78, 5) is 40.1. The third-order valence-electron chi connectivity index (χ3n) is 5.35. The van der Waals surface area contributed by atoms with Crippen molar-refractivity contribution in [2.24, 2.45) is 0 Å². The Morgan fingerprint density at radius 3 is 2.26 bits per heavy atom. The third-order valence-corrected chi connectivity index (χ3v) is 5.35. The number of para-hydroxylation sites is 1. The molecule has 1 unspecified atom stereocenters. The van der Waals surface area contributed by atoms with Gasteiger partial charge in [-0.2, -0.15) is 0 Å². The lowest BCUT2D eigenvalue weighted by Crippen LogP contribution is -2.47. The number of nitrogens with zero attached hydrogens (tertiary/aromatic N) is 1. The number of anilines is 1. The molecular formula is C26H35N3O5. The SMILES string of the molecule is Cc1ccccc1NC(=O)C(c1cccc(C)c1C)N(CCO)C(=O)CNC(=O)OC(C)(C)C. The largest absolute Gasteiger partial charge is 0.444 e. The number of alkyl carbamates (subject to hydrolysis) is 1. The average molecular weight is 470 g/mol. The molecule has 1 atom stereocenters. The van der Waals surface area contributed by atoms with Crippen LogP contribution in [0, 0.1) is 20.8 Å². The minimum atomic E-state index is -1.01. The van der Waals surface area contributed by atoms with E-state index in [0.717, 1.165) is 16.7 Å². The number of ether oxygens (including phenoxy) is 1. The van der Waals surface area contributed by atoms with Crippen LogP contribution in [0.5, 0.6) is 0 Å². The van der Waals surface area contributed by atoms with Crippen molar-refractivity contribution < 1.29 is 24.2 Å². The van der Waals surface area contributed by atoms with Crippen LogP contribution < -0.4 is 10.6 Å². The molecule has 0 aromatic heterocycles. The van der Waals surface area contributed by atoms with E-state index in [1.807, 2.05) is 51.1 Å². The number of carbonyl (C=O) groups excluding carboxylic acids is 3. The number of aliphatic hydroxyl groups excluding tert-OH is 1. The highest BCUT2D eigenvalue weighted by Crippen LogP contribution is 2.28. The minimum Gasteiger partial charge on any atom is -0.444 e. The van der Waals surface area contributed by atoms with Gasteiger partial charge in [0.25, 0.3) is 5.91 Å². The summed E-state index contributed by atoms with van der Waals surface area (Å²) in [6, 6.07) is 11.9. The number of benzene rings is 2. The van der Waals surface area contributed by atoms with Gasteiger partial charge in [0, 0.05) is 12.2 Å². The number of hydrogen-bond donors (Lipinski definition) is 3. The average Bonchev–Trinajstić information content (AvgIpc) is 2.75. The van der Waals surface area contributed by atoms with E-state index in [4.69, 9.17) is 4.74 Å². The van der Waals surface area contributed by atoms with Crippen molar-refractivity contribution in [2.75, 3.05) is 25.0 Å². The number of hydrogen-bond acceptors (Lipinski definition) is 5. The molecule has 0 bridgehead atoms. The lowest BCUT2D eigenvalue weighted by atomic mass is 9.95. The molecule has 0 radical (unpaired) electrons. The van der Waals surface area contributed by atoms with Crippen molar-refractivity contribution in [1.82, 2.24) is 10.2 Å². The van der Waals surface area contributed by atoms with Gasteiger partial charge >= 0.3 is 6.09 Å². The summed E-state index contributed by atoms with van der Waals surface area (Å²) in [5.41, 5.74) is 3.27. The van der Waals surface area contributed by atoms with Gasteiger partial charge in [0.15, 0.2) is 0 Å². The molecule has 2 rings (SSSR count). The molecular weight excluding hydrogens is 434 g/mol. The second-order valence-electron chi connectivity index (χ2n) is 9.16. The molecule has 184 valence electrons. The highest BCUT2D eigenvalue weighted by Gasteiger charge is 2.33. The van der Waals surface area contributed by atoms with Crippen LogP contribution in [0.1, 0.15) is 49.1 Å². The fourth-order valence-electron chi connectivity index (χ4n) is 3.50. The van der Waals surface area contributed by atoms with Crippen LogP contribution in [0.25, 0.3) is 0 Å². The number of nitrogens with one attached hydrogen (secondary N) is 2. The first-order chi connectivity index (χ1) is 15.9. The van der Waals surface area contributed by atoms with Crippen molar-refractivity contribution in [3.63, 3.8) is 0 Å². The van der Waals surface area contributed by atoms with E-state index in [-0.39, 0.29) is 19.7 Å². The lowest BCUT2D eigenvalue weighted by molar-refractivity contribution is -0.138. The Labute approximate surface area is 201 Å². The second kappa shape index (κ2) is 11.7. The summed E-state index contributed by atoms with van der Waals surface area (Å²) in [6.07, 6.45) is -0.738. The molecule has 0 saturated carbocycles. The van der Waals surface area contributed by atoms with Gasteiger partial charge in [-0.3, -0.25) is 9.59 Å². The van der Waals surface area contributed by atoms with Gasteiger partial charge in [0.05, 0.1) is 6.61 Å². The highest BCUT2D eigenvalue weighted by atomic mass is 16.6. The van der Waals surface area contributed by atoms with Crippen LogP contribution >= 0.6 is 0 Å². The molecule has 8 nitrogen and oxygen atoms in total. The number of aryl methyl sites for hydroxylation is 2. The highest BCUT2D eigenvalue weighted by molar-refractivity contribution is 5.99. The van der Waals surface area contributed by atoms with Crippen LogP contribution in [0.15, 0.2) is 42.5 Å². The topological polar surface area (TPSA) is 108 Å². The molecule has 0 saturated heterocycles. The van der Waals surface area contributed by atoms with Crippen LogP contribution in [-0.2, 0) is 14.3 Å². The molecule has 0 aliphatic rings. The van der Waals surface area contributed by atoms with E-state index in [1.54, 1.807) is 32.9 Å². The molecule has 8 heteroatoms. The number of aliphatic hydroxyl groups is 1. The molecule has 34 heavy (non-hydrogen) atoms. The Kier molecular flexibility index (Phi) is 9.20. The van der Waals surface area contributed by atoms with Gasteiger partial charge in [-0.15, -0.1) is 0 Å². The van der Waals surface area contributed by atoms with Crippen LogP contribution in [0.4, 0.5) is 10.5 Å². The maximum absolute atomic E-state index is 13.6.